The van der Waals surface area contributed by atoms with E-state index in [2.05, 4.69) is 5.10 Å². The van der Waals surface area contributed by atoms with Gasteiger partial charge in [0.2, 0.25) is 0 Å². The van der Waals surface area contributed by atoms with Crippen molar-refractivity contribution in [2.45, 2.75) is 51.7 Å². The molecular weight excluding hydrogens is 414 g/mol. The molecule has 5 rings (SSSR count). The summed E-state index contributed by atoms with van der Waals surface area (Å²) in [6.45, 7) is 4.03. The van der Waals surface area contributed by atoms with E-state index in [1.807, 2.05) is 44.2 Å². The van der Waals surface area contributed by atoms with E-state index in [1.54, 1.807) is 4.68 Å². The van der Waals surface area contributed by atoms with Gasteiger partial charge in [0.1, 0.15) is 6.61 Å². The Morgan fingerprint density at radius 2 is 1.90 bits per heavy atom. The van der Waals surface area contributed by atoms with E-state index < -0.39 is 15.8 Å². The highest BCUT2D eigenvalue weighted by atomic mass is 32.2. The van der Waals surface area contributed by atoms with E-state index in [4.69, 9.17) is 9.72 Å². The second-order valence-electron chi connectivity index (χ2n) is 8.72. The van der Waals surface area contributed by atoms with Crippen LogP contribution in [0.2, 0.25) is 0 Å². The Hall–Kier alpha value is -2.74. The topological polar surface area (TPSA) is 91.2 Å². The van der Waals surface area contributed by atoms with E-state index in [0.717, 1.165) is 29.7 Å². The van der Waals surface area contributed by atoms with Crippen LogP contribution in [-0.4, -0.2) is 40.7 Å². The maximum atomic E-state index is 13.1. The number of sulfone groups is 1. The number of hydrogen-bond acceptors (Lipinski definition) is 6. The molecule has 0 N–H and O–H groups in total. The van der Waals surface area contributed by atoms with Gasteiger partial charge in [-0.05, 0) is 44.7 Å². The van der Waals surface area contributed by atoms with Crippen LogP contribution in [-0.2, 0) is 21.2 Å². The van der Waals surface area contributed by atoms with E-state index in [1.165, 1.54) is 0 Å². The normalized spacial score (nSPS) is 20.3. The van der Waals surface area contributed by atoms with Crippen molar-refractivity contribution in [1.29, 1.82) is 0 Å². The van der Waals surface area contributed by atoms with Crippen molar-refractivity contribution in [1.82, 2.24) is 14.8 Å². The van der Waals surface area contributed by atoms with Gasteiger partial charge in [0.25, 0.3) is 0 Å². The Morgan fingerprint density at radius 3 is 2.55 bits per heavy atom. The average molecular weight is 440 g/mol. The Labute approximate surface area is 181 Å². The number of aromatic nitrogens is 3. The minimum atomic E-state index is -3.07. The molecule has 0 spiro atoms. The average Bonchev–Trinajstić information content (AvgIpc) is 3.46. The molecule has 2 fully saturated rings. The highest BCUT2D eigenvalue weighted by Crippen LogP contribution is 2.41. The second kappa shape index (κ2) is 7.44. The molecule has 1 saturated carbocycles. The van der Waals surface area contributed by atoms with Crippen LogP contribution >= 0.6 is 0 Å². The van der Waals surface area contributed by atoms with E-state index in [0.29, 0.717) is 34.6 Å². The van der Waals surface area contributed by atoms with E-state index >= 15 is 0 Å². The number of benzene rings is 1. The van der Waals surface area contributed by atoms with Crippen molar-refractivity contribution in [3.8, 4) is 0 Å². The van der Waals surface area contributed by atoms with Crippen molar-refractivity contribution in [2.24, 2.45) is 0 Å². The van der Waals surface area contributed by atoms with Crippen LogP contribution < -0.4 is 0 Å². The summed E-state index contributed by atoms with van der Waals surface area (Å²) in [7, 11) is -3.07. The van der Waals surface area contributed by atoms with Crippen LogP contribution in [0.15, 0.2) is 30.3 Å². The van der Waals surface area contributed by atoms with Crippen LogP contribution in [0.4, 0.5) is 0 Å². The van der Waals surface area contributed by atoms with Gasteiger partial charge in [0, 0.05) is 11.6 Å². The van der Waals surface area contributed by atoms with Gasteiger partial charge in [0.05, 0.1) is 34.2 Å². The summed E-state index contributed by atoms with van der Waals surface area (Å²) in [6.07, 6.45) is 2.60. The highest BCUT2D eigenvalue weighted by Gasteiger charge is 2.34. The maximum Gasteiger partial charge on any atom is 0.339 e. The van der Waals surface area contributed by atoms with Gasteiger partial charge in [-0.3, -0.25) is 0 Å². The number of pyridine rings is 1. The molecule has 1 aliphatic heterocycles. The first-order chi connectivity index (χ1) is 14.8. The Morgan fingerprint density at radius 1 is 1.16 bits per heavy atom. The zero-order valence-electron chi connectivity index (χ0n) is 17.7. The molecule has 1 aromatic carbocycles. The van der Waals surface area contributed by atoms with Crippen molar-refractivity contribution >= 4 is 26.8 Å². The molecular formula is C23H25N3O4S. The molecule has 0 radical (unpaired) electrons. The standard InChI is InChI=1S/C23H25N3O4S/c1-14-3-5-16(6-4-14)12-30-23(27)19-11-20(17-7-8-17)24-22-21(19)15(2)25-26(22)18-9-10-31(28,29)13-18/h3-6,11,17-18H,7-10,12-13H2,1-2H3. The Kier molecular flexibility index (Phi) is 4.84. The smallest absolute Gasteiger partial charge is 0.339 e. The molecule has 3 heterocycles. The van der Waals surface area contributed by atoms with Gasteiger partial charge in [-0.15, -0.1) is 0 Å². The van der Waals surface area contributed by atoms with Crippen LogP contribution in [0.3, 0.4) is 0 Å². The largest absolute Gasteiger partial charge is 0.457 e. The van der Waals surface area contributed by atoms with Crippen LogP contribution in [0, 0.1) is 13.8 Å². The van der Waals surface area contributed by atoms with Gasteiger partial charge < -0.3 is 4.74 Å². The molecule has 1 unspecified atom stereocenters. The van der Waals surface area contributed by atoms with Gasteiger partial charge in [-0.1, -0.05) is 29.8 Å². The second-order valence-corrected chi connectivity index (χ2v) is 10.9. The summed E-state index contributed by atoms with van der Waals surface area (Å²) in [4.78, 5) is 17.9. The van der Waals surface area contributed by atoms with Crippen LogP contribution in [0.25, 0.3) is 11.0 Å². The Balaban J connectivity index is 1.52. The van der Waals surface area contributed by atoms with Crippen molar-refractivity contribution < 1.29 is 17.9 Å². The van der Waals surface area contributed by atoms with Gasteiger partial charge in [-0.25, -0.2) is 22.9 Å². The summed E-state index contributed by atoms with van der Waals surface area (Å²) in [5.74, 6) is 0.151. The van der Waals surface area contributed by atoms with Gasteiger partial charge in [-0.2, -0.15) is 5.10 Å². The molecule has 2 aromatic heterocycles. The molecule has 1 saturated heterocycles. The first kappa shape index (κ1) is 20.2. The number of esters is 1. The number of hydrogen-bond donors (Lipinski definition) is 0. The minimum absolute atomic E-state index is 0.0613. The van der Waals surface area contributed by atoms with E-state index in [9.17, 15) is 13.2 Å². The van der Waals surface area contributed by atoms with Gasteiger partial charge in [0.15, 0.2) is 15.5 Å². The Bertz CT molecular complexity index is 1270. The lowest BCUT2D eigenvalue weighted by atomic mass is 10.1. The predicted octanol–water partition coefficient (Wildman–Crippen LogP) is 3.64. The van der Waals surface area contributed by atoms with Crippen LogP contribution in [0.1, 0.15) is 64.1 Å². The molecule has 0 bridgehead atoms. The zero-order valence-corrected chi connectivity index (χ0v) is 18.5. The number of ether oxygens (including phenoxy) is 1. The zero-order chi connectivity index (χ0) is 21.8. The lowest BCUT2D eigenvalue weighted by Crippen LogP contribution is -2.14. The summed E-state index contributed by atoms with van der Waals surface area (Å²) < 4.78 is 31.4. The molecule has 2 aliphatic rings. The molecule has 0 amide bonds. The van der Waals surface area contributed by atoms with Crippen molar-refractivity contribution in [2.75, 3.05) is 11.5 Å². The number of aryl methyl sites for hydroxylation is 2. The molecule has 1 aliphatic carbocycles. The molecule has 3 aromatic rings. The number of nitrogens with zero attached hydrogens (tertiary/aromatic N) is 3. The van der Waals surface area contributed by atoms with E-state index in [-0.39, 0.29) is 24.2 Å². The third-order valence-corrected chi connectivity index (χ3v) is 7.87. The number of carbonyl (C=O) groups excluding carboxylic acids is 1. The first-order valence-electron chi connectivity index (χ1n) is 10.6. The lowest BCUT2D eigenvalue weighted by Gasteiger charge is -2.12. The van der Waals surface area contributed by atoms with Crippen LogP contribution in [0.5, 0.6) is 0 Å². The number of fused-ring (bicyclic) bond motifs is 1. The number of rotatable bonds is 5. The number of carbonyl (C=O) groups is 1. The first-order valence-corrected chi connectivity index (χ1v) is 12.5. The fourth-order valence-corrected chi connectivity index (χ4v) is 5.91. The summed E-state index contributed by atoms with van der Waals surface area (Å²) in [5.41, 5.74) is 4.65. The molecule has 7 nitrogen and oxygen atoms in total. The monoisotopic (exact) mass is 439 g/mol. The third kappa shape index (κ3) is 3.96. The fourth-order valence-electron chi connectivity index (χ4n) is 4.22. The summed E-state index contributed by atoms with van der Waals surface area (Å²) in [6, 6.07) is 9.46. The quantitative estimate of drug-likeness (QED) is 0.564. The van der Waals surface area contributed by atoms with Crippen molar-refractivity contribution in [3.05, 3.63) is 58.4 Å². The lowest BCUT2D eigenvalue weighted by molar-refractivity contribution is 0.0475. The summed E-state index contributed by atoms with van der Waals surface area (Å²) >= 11 is 0. The molecule has 8 heteroatoms. The fraction of sp³-hybridized carbons (Fsp3) is 0.435. The SMILES string of the molecule is Cc1ccc(COC(=O)c2cc(C3CC3)nc3c2c(C)nn3C2CCS(=O)(=O)C2)cc1. The maximum absolute atomic E-state index is 13.1. The predicted molar refractivity (Wildman–Crippen MR) is 117 cm³/mol. The molecule has 162 valence electrons. The molecule has 1 atom stereocenters. The third-order valence-electron chi connectivity index (χ3n) is 6.12. The summed E-state index contributed by atoms with van der Waals surface area (Å²) in [5, 5.41) is 5.27. The highest BCUT2D eigenvalue weighted by molar-refractivity contribution is 7.91. The minimum Gasteiger partial charge on any atom is -0.457 e. The molecule has 31 heavy (non-hydrogen) atoms. The van der Waals surface area contributed by atoms with Gasteiger partial charge >= 0.3 is 5.97 Å². The van der Waals surface area contributed by atoms with Crippen molar-refractivity contribution in [3.63, 3.8) is 0 Å².